The topological polar surface area (TPSA) is 71.2 Å². The smallest absolute Gasteiger partial charge is 0.283 e. The molecule has 5 heteroatoms. The van der Waals surface area contributed by atoms with E-state index in [9.17, 15) is 4.79 Å². The highest BCUT2D eigenvalue weighted by Crippen LogP contribution is 2.37. The van der Waals surface area contributed by atoms with Crippen LogP contribution in [-0.4, -0.2) is 28.4 Å². The van der Waals surface area contributed by atoms with E-state index in [1.807, 2.05) is 12.1 Å². The van der Waals surface area contributed by atoms with Crippen molar-refractivity contribution in [1.82, 2.24) is 15.3 Å². The molecule has 0 radical (unpaired) electrons. The zero-order valence-electron chi connectivity index (χ0n) is 11.7. The molecule has 3 rings (SSSR count). The third-order valence-electron chi connectivity index (χ3n) is 4.64. The number of amides is 1. The molecular formula is C15H22N4O. The molecule has 1 saturated heterocycles. The Bertz CT molecular complexity index is 491. The van der Waals surface area contributed by atoms with Gasteiger partial charge in [0.2, 0.25) is 0 Å². The third-order valence-corrected chi connectivity index (χ3v) is 4.64. The lowest BCUT2D eigenvalue weighted by atomic mass is 9.92. The maximum absolute atomic E-state index is 11.5. The minimum Gasteiger partial charge on any atom is -0.294 e. The fourth-order valence-corrected chi connectivity index (χ4v) is 3.73. The quantitative estimate of drug-likeness (QED) is 0.497. The van der Waals surface area contributed by atoms with E-state index >= 15 is 0 Å². The van der Waals surface area contributed by atoms with Gasteiger partial charge < -0.3 is 0 Å². The molecule has 3 N–H and O–H groups in total. The molecule has 0 aromatic carbocycles. The van der Waals surface area contributed by atoms with Crippen LogP contribution in [0.5, 0.6) is 0 Å². The summed E-state index contributed by atoms with van der Waals surface area (Å²) in [6.45, 7) is 1.99. The van der Waals surface area contributed by atoms with Gasteiger partial charge in [0.25, 0.3) is 5.91 Å². The van der Waals surface area contributed by atoms with Gasteiger partial charge in [0.1, 0.15) is 5.69 Å². The van der Waals surface area contributed by atoms with Crippen LogP contribution in [0, 0.1) is 5.92 Å². The van der Waals surface area contributed by atoms with Crippen LogP contribution in [0.25, 0.3) is 0 Å². The van der Waals surface area contributed by atoms with Crippen LogP contribution in [0.15, 0.2) is 18.2 Å². The number of likely N-dealkylation sites (tertiary alicyclic amines) is 1. The molecule has 1 aliphatic carbocycles. The average molecular weight is 274 g/mol. The van der Waals surface area contributed by atoms with Crippen molar-refractivity contribution < 1.29 is 4.79 Å². The number of carbonyl (C=O) groups is 1. The Morgan fingerprint density at radius 3 is 3.05 bits per heavy atom. The first-order chi connectivity index (χ1) is 9.78. The van der Waals surface area contributed by atoms with Crippen LogP contribution in [0.1, 0.15) is 48.3 Å². The number of hydrazine groups is 1. The number of piperidine rings is 1. The number of nitrogens with two attached hydrogens (primary N) is 1. The summed E-state index contributed by atoms with van der Waals surface area (Å²) >= 11 is 0. The molecule has 2 atom stereocenters. The van der Waals surface area contributed by atoms with E-state index in [0.29, 0.717) is 5.69 Å². The number of hydrogen-bond acceptors (Lipinski definition) is 4. The van der Waals surface area contributed by atoms with Gasteiger partial charge in [-0.2, -0.15) is 0 Å². The largest absolute Gasteiger partial charge is 0.294 e. The number of aromatic nitrogens is 1. The Kier molecular flexibility index (Phi) is 3.98. The number of fused-ring (bicyclic) bond motifs is 1. The second-order valence-electron chi connectivity index (χ2n) is 5.86. The Hall–Kier alpha value is -1.46. The van der Waals surface area contributed by atoms with Crippen LogP contribution >= 0.6 is 0 Å². The summed E-state index contributed by atoms with van der Waals surface area (Å²) in [4.78, 5) is 18.5. The molecule has 0 spiro atoms. The third kappa shape index (κ3) is 2.69. The Labute approximate surface area is 119 Å². The number of nitrogens with zero attached hydrogens (tertiary/aromatic N) is 2. The fraction of sp³-hybridized carbons (Fsp3) is 0.600. The number of nitrogens with one attached hydrogen (secondary N) is 1. The summed E-state index contributed by atoms with van der Waals surface area (Å²) in [5.74, 6) is 5.70. The van der Waals surface area contributed by atoms with Crippen molar-refractivity contribution in [1.29, 1.82) is 0 Å². The highest BCUT2D eigenvalue weighted by molar-refractivity contribution is 5.91. The normalized spacial score (nSPS) is 26.2. The minimum atomic E-state index is -0.329. The zero-order chi connectivity index (χ0) is 13.9. The Morgan fingerprint density at radius 2 is 2.20 bits per heavy atom. The van der Waals surface area contributed by atoms with Crippen LogP contribution in [-0.2, 0) is 6.54 Å². The summed E-state index contributed by atoms with van der Waals surface area (Å²) in [5, 5.41) is 0. The van der Waals surface area contributed by atoms with Crippen LogP contribution in [0.2, 0.25) is 0 Å². The summed E-state index contributed by atoms with van der Waals surface area (Å²) in [5.41, 5.74) is 3.48. The molecule has 1 aromatic heterocycles. The summed E-state index contributed by atoms with van der Waals surface area (Å²) in [6, 6.07) is 6.28. The van der Waals surface area contributed by atoms with Crippen molar-refractivity contribution in [2.75, 3.05) is 6.54 Å². The first-order valence-electron chi connectivity index (χ1n) is 7.49. The van der Waals surface area contributed by atoms with Crippen molar-refractivity contribution in [2.45, 2.75) is 44.7 Å². The number of pyridine rings is 1. The van der Waals surface area contributed by atoms with Crippen LogP contribution < -0.4 is 11.3 Å². The van der Waals surface area contributed by atoms with E-state index < -0.39 is 0 Å². The summed E-state index contributed by atoms with van der Waals surface area (Å²) < 4.78 is 0. The molecule has 1 amide bonds. The van der Waals surface area contributed by atoms with Crippen LogP contribution in [0.4, 0.5) is 0 Å². The molecule has 1 saturated carbocycles. The SMILES string of the molecule is NNC(=O)c1cccc(CN2CCCC3CCCC32)n1. The van der Waals surface area contributed by atoms with Gasteiger partial charge in [-0.25, -0.2) is 10.8 Å². The molecule has 2 heterocycles. The molecule has 2 aliphatic rings. The summed E-state index contributed by atoms with van der Waals surface area (Å²) in [7, 11) is 0. The fourth-order valence-electron chi connectivity index (χ4n) is 3.73. The van der Waals surface area contributed by atoms with Crippen molar-refractivity contribution in [3.63, 3.8) is 0 Å². The number of hydrogen-bond donors (Lipinski definition) is 2. The molecule has 1 aromatic rings. The van der Waals surface area contributed by atoms with Gasteiger partial charge in [-0.1, -0.05) is 12.5 Å². The van der Waals surface area contributed by atoms with Gasteiger partial charge in [-0.15, -0.1) is 0 Å². The lowest BCUT2D eigenvalue weighted by Gasteiger charge is -2.37. The first kappa shape index (κ1) is 13.5. The zero-order valence-corrected chi connectivity index (χ0v) is 11.7. The van der Waals surface area contributed by atoms with E-state index in [-0.39, 0.29) is 5.91 Å². The van der Waals surface area contributed by atoms with Gasteiger partial charge >= 0.3 is 0 Å². The molecule has 5 nitrogen and oxygen atoms in total. The van der Waals surface area contributed by atoms with Gasteiger partial charge in [0.05, 0.1) is 5.69 Å². The first-order valence-corrected chi connectivity index (χ1v) is 7.49. The van der Waals surface area contributed by atoms with E-state index in [1.54, 1.807) is 6.07 Å². The standard InChI is InChI=1S/C15H22N4O/c16-18-15(20)13-7-2-6-12(17-13)10-19-9-3-5-11-4-1-8-14(11)19/h2,6-7,11,14H,1,3-5,8-10,16H2,(H,18,20). The van der Waals surface area contributed by atoms with Gasteiger partial charge in [-0.05, 0) is 50.3 Å². The highest BCUT2D eigenvalue weighted by atomic mass is 16.2. The monoisotopic (exact) mass is 274 g/mol. The molecule has 108 valence electrons. The predicted octanol–water partition coefficient (Wildman–Crippen LogP) is 1.45. The van der Waals surface area contributed by atoms with E-state index in [4.69, 9.17) is 5.84 Å². The van der Waals surface area contributed by atoms with Gasteiger partial charge in [0.15, 0.2) is 0 Å². The molecule has 2 fully saturated rings. The number of nitrogen functional groups attached to an aromatic ring is 1. The highest BCUT2D eigenvalue weighted by Gasteiger charge is 2.34. The average Bonchev–Trinajstić information content (AvgIpc) is 2.96. The van der Waals surface area contributed by atoms with Crippen molar-refractivity contribution in [3.05, 3.63) is 29.6 Å². The molecule has 2 unspecified atom stereocenters. The van der Waals surface area contributed by atoms with E-state index in [2.05, 4.69) is 15.3 Å². The minimum absolute atomic E-state index is 0.329. The number of rotatable bonds is 3. The molecule has 1 aliphatic heterocycles. The van der Waals surface area contributed by atoms with Crippen LogP contribution in [0.3, 0.4) is 0 Å². The van der Waals surface area contributed by atoms with Crippen molar-refractivity contribution in [2.24, 2.45) is 11.8 Å². The number of carbonyl (C=O) groups excluding carboxylic acids is 1. The predicted molar refractivity (Wildman–Crippen MR) is 76.7 cm³/mol. The second kappa shape index (κ2) is 5.89. The van der Waals surface area contributed by atoms with Crippen molar-refractivity contribution in [3.8, 4) is 0 Å². The summed E-state index contributed by atoms with van der Waals surface area (Å²) in [6.07, 6.45) is 6.71. The maximum Gasteiger partial charge on any atom is 0.283 e. The van der Waals surface area contributed by atoms with E-state index in [0.717, 1.165) is 30.7 Å². The molecule has 20 heavy (non-hydrogen) atoms. The van der Waals surface area contributed by atoms with E-state index in [1.165, 1.54) is 32.1 Å². The van der Waals surface area contributed by atoms with Gasteiger partial charge in [0, 0.05) is 12.6 Å². The Morgan fingerprint density at radius 1 is 1.35 bits per heavy atom. The lowest BCUT2D eigenvalue weighted by Crippen LogP contribution is -2.42. The second-order valence-corrected chi connectivity index (χ2v) is 5.86. The lowest BCUT2D eigenvalue weighted by molar-refractivity contribution is 0.0944. The van der Waals surface area contributed by atoms with Crippen molar-refractivity contribution >= 4 is 5.91 Å². The Balaban J connectivity index is 1.72. The molecular weight excluding hydrogens is 252 g/mol. The molecule has 0 bridgehead atoms. The maximum atomic E-state index is 11.5. The van der Waals surface area contributed by atoms with Gasteiger partial charge in [-0.3, -0.25) is 15.1 Å².